The molecule has 3 aromatic carbocycles. The first-order valence-electron chi connectivity index (χ1n) is 10.3. The summed E-state index contributed by atoms with van der Waals surface area (Å²) in [5.41, 5.74) is 16.0. The van der Waals surface area contributed by atoms with Gasteiger partial charge < -0.3 is 0 Å². The molecule has 0 N–H and O–H groups in total. The summed E-state index contributed by atoms with van der Waals surface area (Å²) < 4.78 is 36.2. The second-order valence-corrected chi connectivity index (χ2v) is 8.10. The molecule has 0 atom stereocenters. The maximum Gasteiger partial charge on any atom is 0.213 e. The quantitative estimate of drug-likeness (QED) is 0.183. The molecule has 8 nitrogen and oxygen atoms in total. The molecule has 35 heavy (non-hydrogen) atoms. The highest BCUT2D eigenvalue weighted by Gasteiger charge is 2.17. The summed E-state index contributed by atoms with van der Waals surface area (Å²) in [6, 6.07) is 32.8. The van der Waals surface area contributed by atoms with Crippen LogP contribution in [0, 0.1) is 10.2 Å². The molecule has 1 heterocycles. The highest BCUT2D eigenvalue weighted by Crippen LogP contribution is 2.24. The Hall–Kier alpha value is -4.01. The molecule has 4 aromatic rings. The Balaban J connectivity index is 0.000000623. The van der Waals surface area contributed by atoms with E-state index in [2.05, 4.69) is 94.5 Å². The van der Waals surface area contributed by atoms with Gasteiger partial charge in [-0.05, 0) is 40.9 Å². The highest BCUT2D eigenvalue weighted by molar-refractivity contribution is 5.74. The van der Waals surface area contributed by atoms with Crippen LogP contribution in [0.5, 0.6) is 0 Å². The molecule has 0 saturated heterocycles. The predicted molar refractivity (Wildman–Crippen MR) is 123 cm³/mol. The van der Waals surface area contributed by atoms with E-state index >= 15 is 0 Å². The average molecular weight is 489 g/mol. The highest BCUT2D eigenvalue weighted by atomic mass is 35.7. The van der Waals surface area contributed by atoms with Crippen LogP contribution in [0.4, 0.5) is 5.69 Å². The normalized spacial score (nSPS) is 10.9. The fourth-order valence-corrected chi connectivity index (χ4v) is 3.45. The molecule has 0 unspecified atom stereocenters. The molecule has 4 rings (SSSR count). The van der Waals surface area contributed by atoms with Crippen LogP contribution in [0.2, 0.25) is 0 Å². The number of azide groups is 1. The van der Waals surface area contributed by atoms with Crippen LogP contribution in [0.15, 0.2) is 102 Å². The molecular formula is C26H21ClN4O4. The molecule has 0 radical (unpaired) electrons. The van der Waals surface area contributed by atoms with E-state index in [9.17, 15) is 0 Å². The summed E-state index contributed by atoms with van der Waals surface area (Å²) >= 11 is 0. The topological polar surface area (TPSA) is 145 Å². The molecule has 9 heteroatoms. The third-order valence-electron chi connectivity index (χ3n) is 4.99. The fourth-order valence-electron chi connectivity index (χ4n) is 3.45. The van der Waals surface area contributed by atoms with E-state index in [4.69, 9.17) is 24.2 Å². The van der Waals surface area contributed by atoms with Gasteiger partial charge >= 0.3 is 0 Å². The monoisotopic (exact) mass is 488 g/mol. The van der Waals surface area contributed by atoms with E-state index in [0.717, 1.165) is 22.5 Å². The average Bonchev–Trinajstić information content (AvgIpc) is 2.84. The number of rotatable bonds is 5. The van der Waals surface area contributed by atoms with E-state index in [1.807, 2.05) is 36.4 Å². The fraction of sp³-hybridized carbons (Fsp3) is 0.0385. The number of hydrogen-bond acceptors (Lipinski definition) is 5. The Morgan fingerprint density at radius 1 is 0.714 bits per heavy atom. The maximum atomic E-state index is 8.55. The van der Waals surface area contributed by atoms with Gasteiger partial charge in [-0.15, -0.1) is 10.2 Å². The van der Waals surface area contributed by atoms with Crippen molar-refractivity contribution in [3.05, 3.63) is 119 Å². The SMILES string of the molecule is C[n+]1c(-c2ccccc2)cc(C=Cc2ccc(N=[N+]=[N-])cc2)cc1-c1ccccc1.[O-][Cl+3]([O-])([O-])[O-]. The van der Waals surface area contributed by atoms with Crippen molar-refractivity contribution >= 4 is 17.8 Å². The third-order valence-corrected chi connectivity index (χ3v) is 4.99. The van der Waals surface area contributed by atoms with Crippen LogP contribution in [0.25, 0.3) is 45.1 Å². The van der Waals surface area contributed by atoms with Crippen LogP contribution in [0.1, 0.15) is 11.1 Å². The van der Waals surface area contributed by atoms with Crippen molar-refractivity contribution in [3.8, 4) is 22.5 Å². The standard InChI is InChI=1S/C26H21N4.ClHO4/c1-30-25(22-8-4-2-5-9-22)18-21(19-26(30)23-10-6-3-7-11-23)13-12-20-14-16-24(17-15-20)28-29-27;2-1(3,4)5/h2-19H,1H3;(H,2,3,4,5)/q+1;/p-1. The number of hydrogen-bond donors (Lipinski definition) is 0. The number of pyridine rings is 1. The Kier molecular flexibility index (Phi) is 8.72. The molecule has 0 bridgehead atoms. The van der Waals surface area contributed by atoms with E-state index in [1.54, 1.807) is 0 Å². The third kappa shape index (κ3) is 8.06. The van der Waals surface area contributed by atoms with Crippen LogP contribution < -0.4 is 23.2 Å². The Bertz CT molecular complexity index is 1270. The second kappa shape index (κ2) is 11.9. The summed E-state index contributed by atoms with van der Waals surface area (Å²) in [4.78, 5) is 2.82. The zero-order valence-electron chi connectivity index (χ0n) is 18.7. The van der Waals surface area contributed by atoms with Crippen molar-refractivity contribution in [2.24, 2.45) is 12.2 Å². The Morgan fingerprint density at radius 3 is 1.57 bits per heavy atom. The van der Waals surface area contributed by atoms with Gasteiger partial charge in [-0.2, -0.15) is 4.57 Å². The lowest BCUT2D eigenvalue weighted by Crippen LogP contribution is -2.68. The van der Waals surface area contributed by atoms with Crippen molar-refractivity contribution in [2.45, 2.75) is 0 Å². The van der Waals surface area contributed by atoms with Crippen LogP contribution >= 0.6 is 0 Å². The van der Waals surface area contributed by atoms with Crippen molar-refractivity contribution in [1.82, 2.24) is 0 Å². The van der Waals surface area contributed by atoms with Gasteiger partial charge in [0.15, 0.2) is 0 Å². The molecule has 0 aliphatic rings. The Morgan fingerprint density at radius 2 is 1.14 bits per heavy atom. The van der Waals surface area contributed by atoms with E-state index in [1.165, 1.54) is 11.1 Å². The lowest BCUT2D eigenvalue weighted by atomic mass is 10.0. The van der Waals surface area contributed by atoms with Gasteiger partial charge in [0.05, 0.1) is 0 Å². The van der Waals surface area contributed by atoms with Crippen molar-refractivity contribution < 1.29 is 33.4 Å². The molecule has 0 amide bonds. The summed E-state index contributed by atoms with van der Waals surface area (Å²) in [6.07, 6.45) is 4.18. The number of aromatic nitrogens is 1. The zero-order chi connectivity index (χ0) is 25.3. The van der Waals surface area contributed by atoms with Gasteiger partial charge in [-0.1, -0.05) is 77.9 Å². The minimum Gasteiger partial charge on any atom is -0.222 e. The summed E-state index contributed by atoms with van der Waals surface area (Å²) in [6.45, 7) is 0. The van der Waals surface area contributed by atoms with Crippen LogP contribution in [-0.4, -0.2) is 0 Å². The molecule has 176 valence electrons. The van der Waals surface area contributed by atoms with E-state index < -0.39 is 10.2 Å². The van der Waals surface area contributed by atoms with Gasteiger partial charge in [0, 0.05) is 33.9 Å². The Labute approximate surface area is 204 Å². The largest absolute Gasteiger partial charge is 0.222 e. The van der Waals surface area contributed by atoms with Crippen molar-refractivity contribution in [3.63, 3.8) is 0 Å². The van der Waals surface area contributed by atoms with Crippen molar-refractivity contribution in [1.29, 1.82) is 0 Å². The van der Waals surface area contributed by atoms with Gasteiger partial charge in [0.25, 0.3) is 0 Å². The van der Waals surface area contributed by atoms with E-state index in [-0.39, 0.29) is 0 Å². The number of benzene rings is 3. The minimum atomic E-state index is -4.94. The van der Waals surface area contributed by atoms with Gasteiger partial charge in [0.1, 0.15) is 7.05 Å². The van der Waals surface area contributed by atoms with Gasteiger partial charge in [-0.25, -0.2) is 18.6 Å². The first kappa shape index (κ1) is 25.6. The second-order valence-electron chi connectivity index (χ2n) is 7.34. The summed E-state index contributed by atoms with van der Waals surface area (Å²) in [7, 11) is -2.84. The molecular weight excluding hydrogens is 468 g/mol. The molecule has 0 spiro atoms. The summed E-state index contributed by atoms with van der Waals surface area (Å²) in [5.74, 6) is 0. The minimum absolute atomic E-state index is 0.610. The van der Waals surface area contributed by atoms with Crippen LogP contribution in [-0.2, 0) is 7.05 Å². The first-order valence-corrected chi connectivity index (χ1v) is 11.6. The molecule has 0 saturated carbocycles. The number of halogens is 1. The summed E-state index contributed by atoms with van der Waals surface area (Å²) in [5, 5.41) is 3.62. The van der Waals surface area contributed by atoms with Crippen molar-refractivity contribution in [2.75, 3.05) is 0 Å². The molecule has 0 aliphatic heterocycles. The molecule has 0 aliphatic carbocycles. The molecule has 0 fully saturated rings. The number of nitrogens with zero attached hydrogens (tertiary/aromatic N) is 4. The predicted octanol–water partition coefficient (Wildman–Crippen LogP) is 2.20. The lowest BCUT2D eigenvalue weighted by molar-refractivity contribution is -2.00. The zero-order valence-corrected chi connectivity index (χ0v) is 19.4. The van der Waals surface area contributed by atoms with Gasteiger partial charge in [-0.3, -0.25) is 0 Å². The smallest absolute Gasteiger partial charge is 0.213 e. The van der Waals surface area contributed by atoms with E-state index in [0.29, 0.717) is 5.69 Å². The molecule has 1 aromatic heterocycles. The maximum absolute atomic E-state index is 8.55. The van der Waals surface area contributed by atoms with Gasteiger partial charge in [0.2, 0.25) is 11.4 Å². The van der Waals surface area contributed by atoms with Crippen LogP contribution in [0.3, 0.4) is 0 Å². The lowest BCUT2D eigenvalue weighted by Gasteiger charge is -2.17. The first-order chi connectivity index (χ1) is 16.7.